The highest BCUT2D eigenvalue weighted by atomic mass is 35.5. The number of nitrogens with zero attached hydrogens (tertiary/aromatic N) is 2. The lowest BCUT2D eigenvalue weighted by Gasteiger charge is -2.12. The maximum absolute atomic E-state index is 11.7. The van der Waals surface area contributed by atoms with Crippen molar-refractivity contribution < 1.29 is 4.79 Å². The summed E-state index contributed by atoms with van der Waals surface area (Å²) in [6.07, 6.45) is 10.0. The van der Waals surface area contributed by atoms with Crippen molar-refractivity contribution in [3.05, 3.63) is 29.2 Å². The first-order chi connectivity index (χ1) is 8.24. The zero-order chi connectivity index (χ0) is 12.1. The van der Waals surface area contributed by atoms with Crippen LogP contribution in [0.25, 0.3) is 0 Å². The molecule has 0 bridgehead atoms. The molecule has 1 aromatic heterocycles. The first kappa shape index (κ1) is 12.0. The van der Waals surface area contributed by atoms with Crippen LogP contribution in [0.2, 0.25) is 5.15 Å². The number of hydrogen-bond acceptors (Lipinski definition) is 3. The van der Waals surface area contributed by atoms with Gasteiger partial charge in [0.05, 0.1) is 12.4 Å². The van der Waals surface area contributed by atoms with Crippen molar-refractivity contribution in [1.82, 2.24) is 9.97 Å². The summed E-state index contributed by atoms with van der Waals surface area (Å²) in [5.74, 6) is 0.394. The Morgan fingerprint density at radius 1 is 1.35 bits per heavy atom. The average Bonchev–Trinajstić information content (AvgIpc) is 2.33. The van der Waals surface area contributed by atoms with E-state index >= 15 is 0 Å². The second-order valence-corrected chi connectivity index (χ2v) is 4.44. The van der Waals surface area contributed by atoms with Crippen molar-refractivity contribution in [1.29, 1.82) is 0 Å². The molecule has 5 heteroatoms. The third-order valence-corrected chi connectivity index (χ3v) is 2.86. The number of halogens is 1. The first-order valence-corrected chi connectivity index (χ1v) is 6.07. The highest BCUT2D eigenvalue weighted by Gasteiger charge is 2.09. The van der Waals surface area contributed by atoms with Gasteiger partial charge in [0.25, 0.3) is 0 Å². The third-order valence-electron chi connectivity index (χ3n) is 2.66. The van der Waals surface area contributed by atoms with Crippen molar-refractivity contribution in [2.45, 2.75) is 32.1 Å². The van der Waals surface area contributed by atoms with E-state index in [0.717, 1.165) is 12.8 Å². The molecule has 0 unspecified atom stereocenters. The number of rotatable bonds is 3. The van der Waals surface area contributed by atoms with E-state index in [1.54, 1.807) is 0 Å². The third kappa shape index (κ3) is 3.82. The van der Waals surface area contributed by atoms with Gasteiger partial charge in [-0.3, -0.25) is 4.79 Å². The van der Waals surface area contributed by atoms with Crippen LogP contribution < -0.4 is 5.32 Å². The Labute approximate surface area is 105 Å². The van der Waals surface area contributed by atoms with E-state index in [-0.39, 0.29) is 5.91 Å². The molecule has 1 N–H and O–H groups in total. The van der Waals surface area contributed by atoms with Crippen molar-refractivity contribution >= 4 is 23.3 Å². The van der Waals surface area contributed by atoms with Crippen molar-refractivity contribution in [2.24, 2.45) is 0 Å². The maximum atomic E-state index is 11.7. The number of hydrogen-bond donors (Lipinski definition) is 1. The Kier molecular flexibility index (Phi) is 4.09. The van der Waals surface area contributed by atoms with Crippen molar-refractivity contribution in [2.75, 3.05) is 5.32 Å². The molecule has 1 aliphatic carbocycles. The summed E-state index contributed by atoms with van der Waals surface area (Å²) in [5.41, 5.74) is 1.22. The Morgan fingerprint density at radius 3 is 2.88 bits per heavy atom. The number of allylic oxidation sites excluding steroid dienone is 1. The second kappa shape index (κ2) is 5.77. The summed E-state index contributed by atoms with van der Waals surface area (Å²) in [5, 5.41) is 3.02. The summed E-state index contributed by atoms with van der Waals surface area (Å²) < 4.78 is 0. The van der Waals surface area contributed by atoms with Crippen LogP contribution in [0.5, 0.6) is 0 Å². The summed E-state index contributed by atoms with van der Waals surface area (Å²) in [7, 11) is 0. The molecule has 2 rings (SSSR count). The number of nitrogens with one attached hydrogen (secondary N) is 1. The first-order valence-electron chi connectivity index (χ1n) is 5.69. The second-order valence-electron chi connectivity index (χ2n) is 4.06. The molecular weight excluding hydrogens is 238 g/mol. The molecule has 90 valence electrons. The number of amides is 1. The molecule has 0 aromatic carbocycles. The predicted molar refractivity (Wildman–Crippen MR) is 66.8 cm³/mol. The standard InChI is InChI=1S/C12H14ClN3O/c13-10-7-15-11(8-14-10)16-12(17)6-9-4-2-1-3-5-9/h4,7-8H,1-3,5-6H2,(H,15,16,17). The molecule has 4 nitrogen and oxygen atoms in total. The molecule has 1 heterocycles. The zero-order valence-electron chi connectivity index (χ0n) is 9.45. The minimum atomic E-state index is -0.0465. The average molecular weight is 252 g/mol. The topological polar surface area (TPSA) is 54.9 Å². The molecule has 1 aliphatic rings. The quantitative estimate of drug-likeness (QED) is 0.841. The van der Waals surface area contributed by atoms with Gasteiger partial charge in [0.15, 0.2) is 5.82 Å². The highest BCUT2D eigenvalue weighted by Crippen LogP contribution is 2.20. The Bertz CT molecular complexity index is 428. The highest BCUT2D eigenvalue weighted by molar-refractivity contribution is 6.29. The van der Waals surface area contributed by atoms with Crippen LogP contribution in [-0.4, -0.2) is 15.9 Å². The molecule has 0 saturated heterocycles. The van der Waals surface area contributed by atoms with Gasteiger partial charge in [-0.25, -0.2) is 9.97 Å². The fourth-order valence-corrected chi connectivity index (χ4v) is 1.93. The zero-order valence-corrected chi connectivity index (χ0v) is 10.2. The minimum absolute atomic E-state index is 0.0465. The van der Waals surface area contributed by atoms with Gasteiger partial charge in [0.2, 0.25) is 5.91 Å². The molecule has 0 fully saturated rings. The van der Waals surface area contributed by atoms with Gasteiger partial charge < -0.3 is 5.32 Å². The van der Waals surface area contributed by atoms with Gasteiger partial charge in [-0.1, -0.05) is 23.3 Å². The Morgan fingerprint density at radius 2 is 2.24 bits per heavy atom. The van der Waals surface area contributed by atoms with Crippen LogP contribution in [0.15, 0.2) is 24.0 Å². The molecule has 0 atom stereocenters. The molecule has 0 saturated carbocycles. The number of carbonyl (C=O) groups is 1. The van der Waals surface area contributed by atoms with E-state index < -0.39 is 0 Å². The van der Waals surface area contributed by atoms with Crippen LogP contribution in [0.1, 0.15) is 32.1 Å². The van der Waals surface area contributed by atoms with Gasteiger partial charge in [0, 0.05) is 6.42 Å². The summed E-state index contributed by atoms with van der Waals surface area (Å²) in [6, 6.07) is 0. The summed E-state index contributed by atoms with van der Waals surface area (Å²) in [4.78, 5) is 19.5. The number of aromatic nitrogens is 2. The molecule has 1 aromatic rings. The minimum Gasteiger partial charge on any atom is -0.309 e. The van der Waals surface area contributed by atoms with E-state index in [4.69, 9.17) is 11.6 Å². The Hall–Kier alpha value is -1.42. The van der Waals surface area contributed by atoms with Crippen LogP contribution in [0, 0.1) is 0 Å². The van der Waals surface area contributed by atoms with Gasteiger partial charge in [-0.15, -0.1) is 0 Å². The van der Waals surface area contributed by atoms with E-state index in [0.29, 0.717) is 17.4 Å². The lowest BCUT2D eigenvalue weighted by Crippen LogP contribution is -2.14. The van der Waals surface area contributed by atoms with E-state index in [1.165, 1.54) is 30.8 Å². The van der Waals surface area contributed by atoms with Crippen LogP contribution in [0.3, 0.4) is 0 Å². The van der Waals surface area contributed by atoms with Crippen LogP contribution in [0.4, 0.5) is 5.82 Å². The lowest BCUT2D eigenvalue weighted by molar-refractivity contribution is -0.115. The van der Waals surface area contributed by atoms with E-state index in [1.807, 2.05) is 0 Å². The fraction of sp³-hybridized carbons (Fsp3) is 0.417. The van der Waals surface area contributed by atoms with Gasteiger partial charge >= 0.3 is 0 Å². The van der Waals surface area contributed by atoms with Gasteiger partial charge in [-0.2, -0.15) is 0 Å². The molecule has 17 heavy (non-hydrogen) atoms. The number of anilines is 1. The van der Waals surface area contributed by atoms with E-state index in [9.17, 15) is 4.79 Å². The van der Waals surface area contributed by atoms with Crippen LogP contribution >= 0.6 is 11.6 Å². The number of carbonyl (C=O) groups excluding carboxylic acids is 1. The smallest absolute Gasteiger partial charge is 0.229 e. The molecular formula is C12H14ClN3O. The molecule has 1 amide bonds. The SMILES string of the molecule is O=C(CC1=CCCCC1)Nc1cnc(Cl)cn1. The summed E-state index contributed by atoms with van der Waals surface area (Å²) >= 11 is 5.61. The monoisotopic (exact) mass is 251 g/mol. The van der Waals surface area contributed by atoms with Crippen molar-refractivity contribution in [3.63, 3.8) is 0 Å². The summed E-state index contributed by atoms with van der Waals surface area (Å²) in [6.45, 7) is 0. The van der Waals surface area contributed by atoms with Gasteiger partial charge in [-0.05, 0) is 25.7 Å². The Balaban J connectivity index is 1.88. The predicted octanol–water partition coefficient (Wildman–Crippen LogP) is 2.96. The van der Waals surface area contributed by atoms with Crippen LogP contribution in [-0.2, 0) is 4.79 Å². The molecule has 0 spiro atoms. The fourth-order valence-electron chi connectivity index (χ4n) is 1.84. The largest absolute Gasteiger partial charge is 0.309 e. The normalized spacial score (nSPS) is 15.2. The lowest BCUT2D eigenvalue weighted by atomic mass is 9.97. The molecule has 0 radical (unpaired) electrons. The maximum Gasteiger partial charge on any atom is 0.229 e. The van der Waals surface area contributed by atoms with Crippen molar-refractivity contribution in [3.8, 4) is 0 Å². The molecule has 0 aliphatic heterocycles. The van der Waals surface area contributed by atoms with Gasteiger partial charge in [0.1, 0.15) is 5.15 Å². The van der Waals surface area contributed by atoms with E-state index in [2.05, 4.69) is 21.4 Å².